The summed E-state index contributed by atoms with van der Waals surface area (Å²) in [5.74, 6) is -1.54. The van der Waals surface area contributed by atoms with Crippen LogP contribution in [-0.2, 0) is 17.7 Å². The van der Waals surface area contributed by atoms with E-state index in [0.29, 0.717) is 29.6 Å². The van der Waals surface area contributed by atoms with E-state index in [0.717, 1.165) is 22.3 Å². The van der Waals surface area contributed by atoms with E-state index in [-0.39, 0.29) is 41.7 Å². The van der Waals surface area contributed by atoms with Crippen molar-refractivity contribution in [2.45, 2.75) is 65.6 Å². The van der Waals surface area contributed by atoms with E-state index in [9.17, 15) is 18.8 Å². The van der Waals surface area contributed by atoms with E-state index in [1.807, 2.05) is 33.8 Å². The number of esters is 1. The van der Waals surface area contributed by atoms with E-state index in [1.165, 1.54) is 29.1 Å². The summed E-state index contributed by atoms with van der Waals surface area (Å²) in [6.45, 7) is 9.23. The third kappa shape index (κ3) is 5.82. The molecule has 9 nitrogen and oxygen atoms in total. The number of benzene rings is 2. The number of nitrogens with one attached hydrogen (secondary N) is 2. The first kappa shape index (κ1) is 27.9. The Kier molecular flexibility index (Phi) is 7.33. The van der Waals surface area contributed by atoms with Crippen LogP contribution in [0.4, 0.5) is 4.39 Å². The molecule has 4 aromatic rings. The van der Waals surface area contributed by atoms with E-state index in [2.05, 4.69) is 20.6 Å². The molecule has 2 amide bonds. The van der Waals surface area contributed by atoms with Gasteiger partial charge in [0.05, 0.1) is 17.8 Å². The van der Waals surface area contributed by atoms with Gasteiger partial charge in [-0.1, -0.05) is 18.2 Å². The molecule has 0 unspecified atom stereocenters. The molecule has 1 atom stereocenters. The molecule has 2 N–H and O–H groups in total. The fourth-order valence-electron chi connectivity index (χ4n) is 5.11. The van der Waals surface area contributed by atoms with Crippen LogP contribution in [0.25, 0.3) is 5.65 Å². The van der Waals surface area contributed by atoms with Crippen LogP contribution in [0, 0.1) is 19.7 Å². The Labute approximate surface area is 237 Å². The highest BCUT2D eigenvalue weighted by molar-refractivity contribution is 5.98. The first-order valence-electron chi connectivity index (χ1n) is 13.4. The van der Waals surface area contributed by atoms with E-state index in [1.54, 1.807) is 25.1 Å². The highest BCUT2D eigenvalue weighted by Gasteiger charge is 2.30. The van der Waals surface area contributed by atoms with Gasteiger partial charge in [-0.3, -0.25) is 14.0 Å². The molecule has 0 aliphatic heterocycles. The molecule has 2 heterocycles. The molecule has 0 bridgehead atoms. The Bertz CT molecular complexity index is 1690. The molecule has 2 aromatic carbocycles. The largest absolute Gasteiger partial charge is 0.456 e. The van der Waals surface area contributed by atoms with Crippen LogP contribution in [0.15, 0.2) is 48.9 Å². The maximum absolute atomic E-state index is 13.6. The van der Waals surface area contributed by atoms with Crippen molar-refractivity contribution in [1.82, 2.24) is 25.0 Å². The molecule has 0 fully saturated rings. The molecule has 10 heteroatoms. The number of ether oxygens (including phenoxy) is 1. The van der Waals surface area contributed by atoms with Crippen molar-refractivity contribution in [3.8, 4) is 0 Å². The number of halogens is 1. The minimum absolute atomic E-state index is 0.0617. The highest BCUT2D eigenvalue weighted by atomic mass is 19.1. The Hall–Kier alpha value is -4.60. The Balaban J connectivity index is 1.35. The van der Waals surface area contributed by atoms with Crippen LogP contribution in [0.1, 0.15) is 92.4 Å². The zero-order valence-corrected chi connectivity index (χ0v) is 23.7. The molecular formula is C31H32FN5O4. The molecular weight excluding hydrogens is 525 g/mol. The van der Waals surface area contributed by atoms with Crippen molar-refractivity contribution in [3.63, 3.8) is 0 Å². The average Bonchev–Trinajstić information content (AvgIpc) is 3.55. The summed E-state index contributed by atoms with van der Waals surface area (Å²) in [6, 6.07) is 9.41. The van der Waals surface area contributed by atoms with Crippen LogP contribution < -0.4 is 10.6 Å². The number of carbonyl (C=O) groups is 3. The zero-order valence-electron chi connectivity index (χ0n) is 23.7. The standard InChI is InChI=1S/C31H32FN5O4/c1-17-12-19(6-10-23(17)32)14-34-28(38)25-13-26(37-16-33-15-27(37)35-25)29(39)36-24-11-9-20-18(2)21(7-8-22(20)24)30(40)41-31(3,4)5/h6-8,10,12-13,15-16,24H,9,11,14H2,1-5H3,(H,34,38)(H,36,39)/t24-/m0/s1. The van der Waals surface area contributed by atoms with Gasteiger partial charge < -0.3 is 15.4 Å². The number of aryl methyl sites for hydroxylation is 1. The topological polar surface area (TPSA) is 115 Å². The van der Waals surface area contributed by atoms with Crippen LogP contribution in [0.2, 0.25) is 0 Å². The van der Waals surface area contributed by atoms with Crippen LogP contribution in [0.5, 0.6) is 0 Å². The number of fused-ring (bicyclic) bond motifs is 2. The minimum Gasteiger partial charge on any atom is -0.456 e. The summed E-state index contributed by atoms with van der Waals surface area (Å²) in [5.41, 5.74) is 4.60. The number of hydrogen-bond donors (Lipinski definition) is 2. The lowest BCUT2D eigenvalue weighted by molar-refractivity contribution is 0.00683. The smallest absolute Gasteiger partial charge is 0.338 e. The van der Waals surface area contributed by atoms with Crippen LogP contribution in [0.3, 0.4) is 0 Å². The molecule has 0 saturated heterocycles. The molecule has 1 aliphatic rings. The first-order chi connectivity index (χ1) is 19.4. The second kappa shape index (κ2) is 10.8. The molecule has 0 spiro atoms. The number of carbonyl (C=O) groups excluding carboxylic acids is 3. The molecule has 1 aliphatic carbocycles. The van der Waals surface area contributed by atoms with Crippen molar-refractivity contribution in [2.75, 3.05) is 0 Å². The van der Waals surface area contributed by atoms with E-state index < -0.39 is 11.5 Å². The van der Waals surface area contributed by atoms with Crippen molar-refractivity contribution in [3.05, 3.63) is 99.5 Å². The van der Waals surface area contributed by atoms with E-state index >= 15 is 0 Å². The normalized spacial score (nSPS) is 14.5. The van der Waals surface area contributed by atoms with E-state index in [4.69, 9.17) is 4.74 Å². The minimum atomic E-state index is -0.599. The molecule has 41 heavy (non-hydrogen) atoms. The quantitative estimate of drug-likeness (QED) is 0.330. The fraction of sp³-hybridized carbons (Fsp3) is 0.323. The predicted molar refractivity (Wildman–Crippen MR) is 150 cm³/mol. The molecule has 212 valence electrons. The van der Waals surface area contributed by atoms with Crippen LogP contribution >= 0.6 is 0 Å². The fourth-order valence-corrected chi connectivity index (χ4v) is 5.11. The van der Waals surface area contributed by atoms with Crippen LogP contribution in [-0.4, -0.2) is 37.8 Å². The van der Waals surface area contributed by atoms with Crippen molar-refractivity contribution < 1.29 is 23.5 Å². The lowest BCUT2D eigenvalue weighted by Crippen LogP contribution is -2.30. The monoisotopic (exact) mass is 557 g/mol. The summed E-state index contributed by atoms with van der Waals surface area (Å²) in [5, 5.41) is 5.87. The first-order valence-corrected chi connectivity index (χ1v) is 13.4. The highest BCUT2D eigenvalue weighted by Crippen LogP contribution is 2.35. The average molecular weight is 558 g/mol. The molecule has 5 rings (SSSR count). The third-order valence-electron chi connectivity index (χ3n) is 7.14. The second-order valence-electron chi connectivity index (χ2n) is 11.3. The Morgan fingerprint density at radius 1 is 1.10 bits per heavy atom. The number of hydrogen-bond acceptors (Lipinski definition) is 6. The second-order valence-corrected chi connectivity index (χ2v) is 11.3. The summed E-state index contributed by atoms with van der Waals surface area (Å²) in [7, 11) is 0. The summed E-state index contributed by atoms with van der Waals surface area (Å²) in [4.78, 5) is 47.7. The van der Waals surface area contributed by atoms with Gasteiger partial charge in [0.1, 0.15) is 29.1 Å². The summed E-state index contributed by atoms with van der Waals surface area (Å²) >= 11 is 0. The predicted octanol–water partition coefficient (Wildman–Crippen LogP) is 4.79. The Morgan fingerprint density at radius 2 is 1.88 bits per heavy atom. The maximum atomic E-state index is 13.6. The molecule has 0 radical (unpaired) electrons. The van der Waals surface area contributed by atoms with Gasteiger partial charge in [-0.15, -0.1) is 0 Å². The number of amides is 2. The third-order valence-corrected chi connectivity index (χ3v) is 7.14. The van der Waals surface area contributed by atoms with Gasteiger partial charge in [0.15, 0.2) is 5.65 Å². The Morgan fingerprint density at radius 3 is 2.61 bits per heavy atom. The van der Waals surface area contributed by atoms with Gasteiger partial charge >= 0.3 is 5.97 Å². The lowest BCUT2D eigenvalue weighted by Gasteiger charge is -2.21. The number of nitrogens with zero attached hydrogens (tertiary/aromatic N) is 3. The van der Waals surface area contributed by atoms with Gasteiger partial charge in [-0.2, -0.15) is 0 Å². The number of rotatable bonds is 6. The molecule has 2 aromatic heterocycles. The number of aromatic nitrogens is 3. The maximum Gasteiger partial charge on any atom is 0.338 e. The summed E-state index contributed by atoms with van der Waals surface area (Å²) < 4.78 is 20.7. The lowest BCUT2D eigenvalue weighted by atomic mass is 9.97. The van der Waals surface area contributed by atoms with Crippen molar-refractivity contribution in [2.24, 2.45) is 0 Å². The van der Waals surface area contributed by atoms with Gasteiger partial charge in [0.2, 0.25) is 0 Å². The van der Waals surface area contributed by atoms with Crippen molar-refractivity contribution >= 4 is 23.4 Å². The van der Waals surface area contributed by atoms with Gasteiger partial charge in [0, 0.05) is 6.54 Å². The number of imidazole rings is 1. The zero-order chi connectivity index (χ0) is 29.5. The van der Waals surface area contributed by atoms with Crippen molar-refractivity contribution in [1.29, 1.82) is 0 Å². The van der Waals surface area contributed by atoms with Gasteiger partial charge in [-0.25, -0.2) is 19.2 Å². The SMILES string of the molecule is Cc1cc(CNC(=O)c2cc(C(=O)N[C@H]3CCc4c3ccc(C(=O)OC(C)(C)C)c4C)n3cncc3n2)ccc1F. The van der Waals surface area contributed by atoms with Gasteiger partial charge in [0.25, 0.3) is 11.8 Å². The molecule has 0 saturated carbocycles. The summed E-state index contributed by atoms with van der Waals surface area (Å²) in [6.07, 6.45) is 4.32. The van der Waals surface area contributed by atoms with Gasteiger partial charge in [-0.05, 0) is 93.5 Å².